The molecule has 1 atom stereocenters. The van der Waals surface area contributed by atoms with Crippen molar-refractivity contribution in [2.75, 3.05) is 7.11 Å². The number of carboxylic acid groups (broad SMARTS) is 1. The maximum atomic E-state index is 11.3. The molecule has 17 heavy (non-hydrogen) atoms. The predicted molar refractivity (Wildman–Crippen MR) is 61.7 cm³/mol. The molecule has 0 radical (unpaired) electrons. The monoisotopic (exact) mass is 237 g/mol. The molecule has 1 aromatic carbocycles. The van der Waals surface area contributed by atoms with Gasteiger partial charge in [-0.3, -0.25) is 4.79 Å². The largest absolute Gasteiger partial charge is 0.481 e. The van der Waals surface area contributed by atoms with Crippen LogP contribution in [0.5, 0.6) is 0 Å². The lowest BCUT2D eigenvalue weighted by Crippen LogP contribution is -2.15. The lowest BCUT2D eigenvalue weighted by molar-refractivity contribution is -0.137. The summed E-state index contributed by atoms with van der Waals surface area (Å²) in [6.45, 7) is 1.75. The fraction of sp³-hybridized carbons (Fsp3) is 0.333. The van der Waals surface area contributed by atoms with Crippen molar-refractivity contribution in [2.24, 2.45) is 5.73 Å². The summed E-state index contributed by atoms with van der Waals surface area (Å²) in [6, 6.07) is 4.38. The third-order valence-corrected chi connectivity index (χ3v) is 2.48. The van der Waals surface area contributed by atoms with Crippen LogP contribution in [0.3, 0.4) is 0 Å². The predicted octanol–water partition coefficient (Wildman–Crippen LogP) is 1.26. The molecule has 1 aromatic rings. The number of nitrogens with two attached hydrogens (primary N) is 1. The molecule has 0 heterocycles. The molecule has 0 bridgehead atoms. The number of aliphatic carboxylic acids is 1. The molecular formula is C12H15NO4. The Hall–Kier alpha value is -1.88. The number of benzene rings is 1. The SMILES string of the molecule is COC(=O)c1ccc(C(N)CC(=O)O)cc1C. The van der Waals surface area contributed by atoms with Gasteiger partial charge >= 0.3 is 11.9 Å². The number of hydrogen-bond donors (Lipinski definition) is 2. The third kappa shape index (κ3) is 3.29. The van der Waals surface area contributed by atoms with Crippen LogP contribution in [0.25, 0.3) is 0 Å². The molecular weight excluding hydrogens is 222 g/mol. The first-order valence-electron chi connectivity index (χ1n) is 5.12. The Labute approximate surface area is 99.2 Å². The summed E-state index contributed by atoms with van der Waals surface area (Å²) in [4.78, 5) is 21.9. The van der Waals surface area contributed by atoms with E-state index in [2.05, 4.69) is 4.74 Å². The van der Waals surface area contributed by atoms with Crippen LogP contribution in [0, 0.1) is 6.92 Å². The first-order valence-corrected chi connectivity index (χ1v) is 5.12. The van der Waals surface area contributed by atoms with Gasteiger partial charge in [-0.2, -0.15) is 0 Å². The molecule has 3 N–H and O–H groups in total. The molecule has 0 amide bonds. The zero-order chi connectivity index (χ0) is 13.0. The van der Waals surface area contributed by atoms with Gasteiger partial charge < -0.3 is 15.6 Å². The number of methoxy groups -OCH3 is 1. The smallest absolute Gasteiger partial charge is 0.338 e. The van der Waals surface area contributed by atoms with Crippen LogP contribution in [0.15, 0.2) is 18.2 Å². The van der Waals surface area contributed by atoms with Gasteiger partial charge in [-0.15, -0.1) is 0 Å². The minimum absolute atomic E-state index is 0.142. The molecule has 5 heteroatoms. The first kappa shape index (κ1) is 13.2. The Morgan fingerprint density at radius 1 is 1.47 bits per heavy atom. The summed E-state index contributed by atoms with van der Waals surface area (Å²) in [5.41, 5.74) is 7.59. The fourth-order valence-electron chi connectivity index (χ4n) is 1.56. The molecule has 0 spiro atoms. The highest BCUT2D eigenvalue weighted by molar-refractivity contribution is 5.91. The second kappa shape index (κ2) is 5.45. The van der Waals surface area contributed by atoms with E-state index < -0.39 is 18.0 Å². The van der Waals surface area contributed by atoms with Crippen LogP contribution >= 0.6 is 0 Å². The Balaban J connectivity index is 2.96. The van der Waals surface area contributed by atoms with Crippen molar-refractivity contribution in [3.8, 4) is 0 Å². The molecule has 0 saturated heterocycles. The van der Waals surface area contributed by atoms with E-state index in [1.54, 1.807) is 25.1 Å². The van der Waals surface area contributed by atoms with Crippen molar-refractivity contribution in [1.29, 1.82) is 0 Å². The van der Waals surface area contributed by atoms with E-state index in [0.717, 1.165) is 5.56 Å². The summed E-state index contributed by atoms with van der Waals surface area (Å²) >= 11 is 0. The van der Waals surface area contributed by atoms with E-state index in [1.807, 2.05) is 0 Å². The average molecular weight is 237 g/mol. The number of ether oxygens (including phenoxy) is 1. The van der Waals surface area contributed by atoms with Gasteiger partial charge in [0.05, 0.1) is 19.1 Å². The second-order valence-corrected chi connectivity index (χ2v) is 3.77. The second-order valence-electron chi connectivity index (χ2n) is 3.77. The Morgan fingerprint density at radius 2 is 2.12 bits per heavy atom. The highest BCUT2D eigenvalue weighted by Crippen LogP contribution is 2.18. The number of hydrogen-bond acceptors (Lipinski definition) is 4. The van der Waals surface area contributed by atoms with Gasteiger partial charge in [0.1, 0.15) is 0 Å². The van der Waals surface area contributed by atoms with Gasteiger partial charge in [0.2, 0.25) is 0 Å². The molecule has 1 rings (SSSR count). The van der Waals surface area contributed by atoms with Gasteiger partial charge in [-0.05, 0) is 24.1 Å². The minimum atomic E-state index is -0.952. The van der Waals surface area contributed by atoms with Gasteiger partial charge in [0.25, 0.3) is 0 Å². The minimum Gasteiger partial charge on any atom is -0.481 e. The summed E-state index contributed by atoms with van der Waals surface area (Å²) < 4.78 is 4.62. The lowest BCUT2D eigenvalue weighted by atomic mass is 9.99. The summed E-state index contributed by atoms with van der Waals surface area (Å²) in [6.07, 6.45) is -0.142. The summed E-state index contributed by atoms with van der Waals surface area (Å²) in [5, 5.41) is 8.64. The van der Waals surface area contributed by atoms with Gasteiger partial charge in [0, 0.05) is 6.04 Å². The number of aryl methyl sites for hydroxylation is 1. The van der Waals surface area contributed by atoms with Gasteiger partial charge in [-0.25, -0.2) is 4.79 Å². The zero-order valence-corrected chi connectivity index (χ0v) is 9.77. The van der Waals surface area contributed by atoms with E-state index in [4.69, 9.17) is 10.8 Å². The normalized spacial score (nSPS) is 11.9. The lowest BCUT2D eigenvalue weighted by Gasteiger charge is -2.12. The van der Waals surface area contributed by atoms with Crippen molar-refractivity contribution in [2.45, 2.75) is 19.4 Å². The third-order valence-electron chi connectivity index (χ3n) is 2.48. The molecule has 1 unspecified atom stereocenters. The van der Waals surface area contributed by atoms with Crippen molar-refractivity contribution >= 4 is 11.9 Å². The molecule has 92 valence electrons. The van der Waals surface area contributed by atoms with E-state index in [-0.39, 0.29) is 6.42 Å². The van der Waals surface area contributed by atoms with E-state index >= 15 is 0 Å². The standard InChI is InChI=1S/C12H15NO4/c1-7-5-8(10(13)6-11(14)15)3-4-9(7)12(16)17-2/h3-5,10H,6,13H2,1-2H3,(H,14,15). The van der Waals surface area contributed by atoms with Gasteiger partial charge in [-0.1, -0.05) is 12.1 Å². The number of carbonyl (C=O) groups excluding carboxylic acids is 1. The Kier molecular flexibility index (Phi) is 4.23. The average Bonchev–Trinajstić information content (AvgIpc) is 2.27. The van der Waals surface area contributed by atoms with Crippen molar-refractivity contribution in [1.82, 2.24) is 0 Å². The van der Waals surface area contributed by atoms with Crippen LogP contribution < -0.4 is 5.73 Å². The molecule has 0 aliphatic rings. The molecule has 0 fully saturated rings. The topological polar surface area (TPSA) is 89.6 Å². The van der Waals surface area contributed by atoms with Crippen LogP contribution in [0.4, 0.5) is 0 Å². The van der Waals surface area contributed by atoms with Crippen LogP contribution in [0.2, 0.25) is 0 Å². The Morgan fingerprint density at radius 3 is 2.59 bits per heavy atom. The highest BCUT2D eigenvalue weighted by Gasteiger charge is 2.14. The number of rotatable bonds is 4. The highest BCUT2D eigenvalue weighted by atomic mass is 16.5. The molecule has 0 aliphatic heterocycles. The van der Waals surface area contributed by atoms with Crippen LogP contribution in [-0.4, -0.2) is 24.2 Å². The molecule has 5 nitrogen and oxygen atoms in total. The summed E-state index contributed by atoms with van der Waals surface area (Å²) in [7, 11) is 1.31. The molecule has 0 aliphatic carbocycles. The number of carboxylic acids is 1. The quantitative estimate of drug-likeness (QED) is 0.769. The van der Waals surface area contributed by atoms with Crippen LogP contribution in [0.1, 0.15) is 33.9 Å². The molecule has 0 saturated carbocycles. The number of esters is 1. The van der Waals surface area contributed by atoms with Crippen molar-refractivity contribution in [3.05, 3.63) is 34.9 Å². The maximum absolute atomic E-state index is 11.3. The van der Waals surface area contributed by atoms with E-state index in [1.165, 1.54) is 7.11 Å². The van der Waals surface area contributed by atoms with E-state index in [9.17, 15) is 9.59 Å². The maximum Gasteiger partial charge on any atom is 0.338 e. The number of carbonyl (C=O) groups is 2. The molecule has 0 aromatic heterocycles. The van der Waals surface area contributed by atoms with Crippen LogP contribution in [-0.2, 0) is 9.53 Å². The summed E-state index contributed by atoms with van der Waals surface area (Å²) in [5.74, 6) is -1.37. The fourth-order valence-corrected chi connectivity index (χ4v) is 1.56. The van der Waals surface area contributed by atoms with Crippen molar-refractivity contribution < 1.29 is 19.4 Å². The first-order chi connectivity index (χ1) is 7.95. The zero-order valence-electron chi connectivity index (χ0n) is 9.77. The van der Waals surface area contributed by atoms with Crippen molar-refractivity contribution in [3.63, 3.8) is 0 Å². The Bertz CT molecular complexity index is 442. The van der Waals surface area contributed by atoms with Gasteiger partial charge in [0.15, 0.2) is 0 Å². The van der Waals surface area contributed by atoms with E-state index in [0.29, 0.717) is 11.1 Å².